The molecule has 1 saturated heterocycles. The summed E-state index contributed by atoms with van der Waals surface area (Å²) in [6, 6.07) is 12.2. The van der Waals surface area contributed by atoms with Crippen molar-refractivity contribution in [1.82, 2.24) is 9.38 Å². The largest absolute Gasteiger partial charge is 0.489 e. The van der Waals surface area contributed by atoms with Crippen LogP contribution in [-0.2, 0) is 14.3 Å². The van der Waals surface area contributed by atoms with Gasteiger partial charge in [-0.2, -0.15) is 0 Å². The highest BCUT2D eigenvalue weighted by atomic mass is 19.1. The van der Waals surface area contributed by atoms with Gasteiger partial charge in [0.15, 0.2) is 11.8 Å². The van der Waals surface area contributed by atoms with Crippen molar-refractivity contribution in [1.29, 1.82) is 0 Å². The first-order valence-corrected chi connectivity index (χ1v) is 16.1. The number of esters is 1. The number of hydrogen-bond acceptors (Lipinski definition) is 7. The number of para-hydroxylation sites is 1. The average molecular weight is 642 g/mol. The average Bonchev–Trinajstić information content (AvgIpc) is 3.47. The van der Waals surface area contributed by atoms with E-state index in [0.717, 1.165) is 35.1 Å². The van der Waals surface area contributed by atoms with Crippen molar-refractivity contribution in [3.63, 3.8) is 0 Å². The molecule has 47 heavy (non-hydrogen) atoms. The fourth-order valence-corrected chi connectivity index (χ4v) is 6.19. The molecular formula is C38H44FN3O5. The van der Waals surface area contributed by atoms with Gasteiger partial charge in [0.2, 0.25) is 0 Å². The second kappa shape index (κ2) is 14.5. The van der Waals surface area contributed by atoms with E-state index in [1.54, 1.807) is 25.1 Å². The van der Waals surface area contributed by atoms with Crippen molar-refractivity contribution in [2.24, 2.45) is 0 Å². The van der Waals surface area contributed by atoms with E-state index in [-0.39, 0.29) is 24.1 Å². The Labute approximate surface area is 276 Å². The number of carbonyl (C=O) groups is 1. The Bertz CT molecular complexity index is 1740. The van der Waals surface area contributed by atoms with E-state index in [0.29, 0.717) is 54.5 Å². The highest BCUT2D eigenvalue weighted by molar-refractivity contribution is 5.87. The highest BCUT2D eigenvalue weighted by Gasteiger charge is 2.35. The van der Waals surface area contributed by atoms with Crippen molar-refractivity contribution >= 4 is 17.3 Å². The van der Waals surface area contributed by atoms with Gasteiger partial charge in [-0.15, -0.1) is 13.2 Å². The SMILES string of the molecule is C=CCOC1(C)CCN(c2c([C@H](O)C(=O)OCC)c(C)cn3cc(-c4cccc(-c5ccc(F)cc5)c4O[C@@H](C)CC=C)nc23)CC1. The van der Waals surface area contributed by atoms with Crippen molar-refractivity contribution < 1.29 is 28.5 Å². The number of ether oxygens (including phenoxy) is 3. The van der Waals surface area contributed by atoms with Gasteiger partial charge in [-0.3, -0.25) is 0 Å². The number of fused-ring (bicyclic) bond motifs is 1. The number of aryl methyl sites for hydroxylation is 1. The van der Waals surface area contributed by atoms with E-state index in [9.17, 15) is 14.3 Å². The summed E-state index contributed by atoms with van der Waals surface area (Å²) in [7, 11) is 0. The molecule has 2 aromatic heterocycles. The van der Waals surface area contributed by atoms with E-state index in [4.69, 9.17) is 19.2 Å². The third-order valence-electron chi connectivity index (χ3n) is 8.69. The number of carbonyl (C=O) groups excluding carboxylic acids is 1. The van der Waals surface area contributed by atoms with Gasteiger partial charge >= 0.3 is 5.97 Å². The number of benzene rings is 2. The molecule has 4 aromatic rings. The van der Waals surface area contributed by atoms with Crippen LogP contribution in [-0.4, -0.2) is 58.5 Å². The fraction of sp³-hybridized carbons (Fsp3) is 0.368. The normalized spacial score (nSPS) is 15.7. The molecular weight excluding hydrogens is 597 g/mol. The number of pyridine rings is 1. The summed E-state index contributed by atoms with van der Waals surface area (Å²) >= 11 is 0. The van der Waals surface area contributed by atoms with Gasteiger partial charge in [0, 0.05) is 48.6 Å². The van der Waals surface area contributed by atoms with Gasteiger partial charge in [-0.05, 0) is 69.9 Å². The minimum absolute atomic E-state index is 0.153. The molecule has 9 heteroatoms. The number of halogens is 1. The van der Waals surface area contributed by atoms with E-state index in [2.05, 4.69) is 25.0 Å². The van der Waals surface area contributed by atoms with Crippen LogP contribution in [0.25, 0.3) is 28.0 Å². The number of aliphatic hydroxyl groups excluding tert-OH is 1. The zero-order valence-electron chi connectivity index (χ0n) is 27.7. The second-order valence-electron chi connectivity index (χ2n) is 12.3. The van der Waals surface area contributed by atoms with Gasteiger partial charge in [0.1, 0.15) is 11.6 Å². The monoisotopic (exact) mass is 641 g/mol. The predicted octanol–water partition coefficient (Wildman–Crippen LogP) is 7.62. The van der Waals surface area contributed by atoms with Crippen LogP contribution in [0.15, 0.2) is 80.2 Å². The maximum atomic E-state index is 13.9. The van der Waals surface area contributed by atoms with Crippen molar-refractivity contribution in [3.05, 3.63) is 97.1 Å². The number of rotatable bonds is 13. The zero-order chi connectivity index (χ0) is 33.7. The Morgan fingerprint density at radius 2 is 1.81 bits per heavy atom. The second-order valence-corrected chi connectivity index (χ2v) is 12.3. The molecule has 1 aliphatic heterocycles. The standard InChI is InChI=1S/C38H44FN3O5/c1-7-11-26(5)47-35-29(27-14-16-28(39)17-15-27)12-10-13-30(35)31-24-42-23-25(4)32(34(43)37(44)45-9-3)33(36(42)40-31)41-20-18-38(6,19-21-41)46-22-8-2/h7-8,10,12-17,23-24,26,34,43H,1-2,9,11,18-22H2,3-6H3/t26-,34-/m0/s1. The number of hydrogen-bond donors (Lipinski definition) is 1. The van der Waals surface area contributed by atoms with Crippen LogP contribution in [0.5, 0.6) is 5.75 Å². The summed E-state index contributed by atoms with van der Waals surface area (Å²) in [5, 5.41) is 11.4. The van der Waals surface area contributed by atoms with Gasteiger partial charge in [0.25, 0.3) is 0 Å². The fourth-order valence-electron chi connectivity index (χ4n) is 6.19. The number of aromatic nitrogens is 2. The predicted molar refractivity (Wildman–Crippen MR) is 183 cm³/mol. The Balaban J connectivity index is 1.67. The summed E-state index contributed by atoms with van der Waals surface area (Å²) in [6.07, 6.45) is 7.81. The summed E-state index contributed by atoms with van der Waals surface area (Å²) in [4.78, 5) is 20.2. The molecule has 8 nitrogen and oxygen atoms in total. The lowest BCUT2D eigenvalue weighted by molar-refractivity contribution is -0.153. The maximum absolute atomic E-state index is 13.9. The molecule has 2 aromatic carbocycles. The van der Waals surface area contributed by atoms with Gasteiger partial charge in [0.05, 0.1) is 36.3 Å². The molecule has 0 aliphatic carbocycles. The maximum Gasteiger partial charge on any atom is 0.339 e. The molecule has 1 aliphatic rings. The smallest absolute Gasteiger partial charge is 0.339 e. The van der Waals surface area contributed by atoms with Crippen LogP contribution in [0, 0.1) is 12.7 Å². The zero-order valence-corrected chi connectivity index (χ0v) is 27.7. The van der Waals surface area contributed by atoms with E-state index in [1.165, 1.54) is 12.1 Å². The van der Waals surface area contributed by atoms with Gasteiger partial charge in [-0.1, -0.05) is 36.4 Å². The van der Waals surface area contributed by atoms with E-state index < -0.39 is 12.1 Å². The van der Waals surface area contributed by atoms with Gasteiger partial charge in [-0.25, -0.2) is 14.2 Å². The van der Waals surface area contributed by atoms with E-state index in [1.807, 2.05) is 54.9 Å². The van der Waals surface area contributed by atoms with Crippen molar-refractivity contribution in [3.8, 4) is 28.1 Å². The molecule has 0 bridgehead atoms. The molecule has 0 saturated carbocycles. The van der Waals surface area contributed by atoms with Crippen LogP contribution in [0.2, 0.25) is 0 Å². The number of nitrogens with zero attached hydrogens (tertiary/aromatic N) is 3. The van der Waals surface area contributed by atoms with Crippen LogP contribution < -0.4 is 9.64 Å². The molecule has 2 atom stereocenters. The van der Waals surface area contributed by atoms with Crippen LogP contribution >= 0.6 is 0 Å². The van der Waals surface area contributed by atoms with Crippen LogP contribution in [0.4, 0.5) is 10.1 Å². The number of imidazole rings is 1. The Morgan fingerprint density at radius 1 is 1.11 bits per heavy atom. The third kappa shape index (κ3) is 7.26. The van der Waals surface area contributed by atoms with Crippen LogP contribution in [0.3, 0.4) is 0 Å². The van der Waals surface area contributed by atoms with Crippen LogP contribution in [0.1, 0.15) is 57.3 Å². The molecule has 5 rings (SSSR count). The molecule has 0 spiro atoms. The summed E-state index contributed by atoms with van der Waals surface area (Å²) in [5.41, 5.74) is 5.17. The summed E-state index contributed by atoms with van der Waals surface area (Å²) < 4.78 is 33.7. The summed E-state index contributed by atoms with van der Waals surface area (Å²) in [5.74, 6) is -0.403. The Morgan fingerprint density at radius 3 is 2.47 bits per heavy atom. The Hall–Kier alpha value is -4.47. The molecule has 248 valence electrons. The number of aliphatic hydroxyl groups is 1. The topological polar surface area (TPSA) is 85.5 Å². The highest BCUT2D eigenvalue weighted by Crippen LogP contribution is 2.42. The molecule has 1 fully saturated rings. The first-order chi connectivity index (χ1) is 22.6. The van der Waals surface area contributed by atoms with Crippen molar-refractivity contribution in [2.75, 3.05) is 31.2 Å². The third-order valence-corrected chi connectivity index (χ3v) is 8.69. The molecule has 0 amide bonds. The first kappa shape index (κ1) is 33.9. The van der Waals surface area contributed by atoms with E-state index >= 15 is 0 Å². The summed E-state index contributed by atoms with van der Waals surface area (Å²) in [6.45, 7) is 17.2. The van der Waals surface area contributed by atoms with Crippen molar-refractivity contribution in [2.45, 2.75) is 64.8 Å². The molecule has 0 radical (unpaired) electrons. The number of piperidine rings is 1. The lowest BCUT2D eigenvalue weighted by Gasteiger charge is -2.41. The molecule has 1 N–H and O–H groups in total. The van der Waals surface area contributed by atoms with Gasteiger partial charge < -0.3 is 28.6 Å². The Kier molecular flexibility index (Phi) is 10.5. The minimum Gasteiger partial charge on any atom is -0.489 e. The minimum atomic E-state index is -1.49. The lowest BCUT2D eigenvalue weighted by atomic mass is 9.92. The first-order valence-electron chi connectivity index (χ1n) is 16.1. The number of anilines is 1. The lowest BCUT2D eigenvalue weighted by Crippen LogP contribution is -2.45. The quantitative estimate of drug-likeness (QED) is 0.119. The molecule has 3 heterocycles. The molecule has 0 unspecified atom stereocenters.